The van der Waals surface area contributed by atoms with Crippen molar-refractivity contribution in [3.05, 3.63) is 71.3 Å². The number of piperidine rings is 1. The van der Waals surface area contributed by atoms with E-state index < -0.39 is 0 Å². The molecule has 2 atom stereocenters. The summed E-state index contributed by atoms with van der Waals surface area (Å²) in [4.78, 5) is 14.2. The van der Waals surface area contributed by atoms with Crippen LogP contribution in [0.3, 0.4) is 0 Å². The lowest BCUT2D eigenvalue weighted by molar-refractivity contribution is 0.0787. The predicted molar refractivity (Wildman–Crippen MR) is 116 cm³/mol. The molecule has 5 heteroatoms. The number of hydrogen-bond donors (Lipinski definition) is 1. The number of amides is 1. The summed E-state index contributed by atoms with van der Waals surface area (Å²) in [6.07, 6.45) is 5.17. The van der Waals surface area contributed by atoms with Crippen molar-refractivity contribution in [3.63, 3.8) is 0 Å². The quantitative estimate of drug-likeness (QED) is 0.810. The zero-order valence-electron chi connectivity index (χ0n) is 17.3. The molecular formula is C25H29N3O2. The van der Waals surface area contributed by atoms with Crippen LogP contribution in [0.5, 0.6) is 0 Å². The van der Waals surface area contributed by atoms with E-state index in [-0.39, 0.29) is 6.09 Å². The number of nitrogens with one attached hydrogen (secondary N) is 1. The molecule has 0 aromatic heterocycles. The highest BCUT2D eigenvalue weighted by molar-refractivity contribution is 5.67. The molecule has 2 aliphatic rings. The summed E-state index contributed by atoms with van der Waals surface area (Å²) < 4.78 is 5.48. The maximum atomic E-state index is 12.4. The van der Waals surface area contributed by atoms with Gasteiger partial charge in [-0.05, 0) is 61.3 Å². The molecule has 2 aromatic carbocycles. The fourth-order valence-electron chi connectivity index (χ4n) is 4.73. The van der Waals surface area contributed by atoms with Crippen LogP contribution in [-0.4, -0.2) is 36.2 Å². The first-order chi connectivity index (χ1) is 14.7. The summed E-state index contributed by atoms with van der Waals surface area (Å²) in [5.74, 6) is 0.610. The number of carbonyl (C=O) groups excluding carboxylic acids is 1. The molecule has 0 spiro atoms. The molecule has 156 valence electrons. The second-order valence-corrected chi connectivity index (χ2v) is 8.43. The zero-order valence-corrected chi connectivity index (χ0v) is 17.3. The largest absolute Gasteiger partial charge is 0.445 e. The number of nitriles is 1. The normalized spacial score (nSPS) is 21.9. The molecule has 0 aliphatic carbocycles. The minimum Gasteiger partial charge on any atom is -0.445 e. The lowest BCUT2D eigenvalue weighted by Gasteiger charge is -2.34. The molecule has 2 fully saturated rings. The van der Waals surface area contributed by atoms with Gasteiger partial charge in [0.15, 0.2) is 0 Å². The smallest absolute Gasteiger partial charge is 0.410 e. The molecule has 0 bridgehead atoms. The van der Waals surface area contributed by atoms with E-state index in [1.807, 2.05) is 53.4 Å². The van der Waals surface area contributed by atoms with Crippen LogP contribution in [-0.2, 0) is 17.8 Å². The van der Waals surface area contributed by atoms with Crippen molar-refractivity contribution >= 4 is 6.09 Å². The van der Waals surface area contributed by atoms with Gasteiger partial charge in [-0.25, -0.2) is 4.79 Å². The van der Waals surface area contributed by atoms with E-state index in [4.69, 9.17) is 10.00 Å². The third-order valence-electron chi connectivity index (χ3n) is 6.39. The topological polar surface area (TPSA) is 65.4 Å². The van der Waals surface area contributed by atoms with Crippen molar-refractivity contribution in [2.24, 2.45) is 5.92 Å². The van der Waals surface area contributed by atoms with Crippen molar-refractivity contribution < 1.29 is 9.53 Å². The summed E-state index contributed by atoms with van der Waals surface area (Å²) in [5, 5.41) is 12.9. The van der Waals surface area contributed by atoms with Crippen molar-refractivity contribution in [1.82, 2.24) is 10.2 Å². The van der Waals surface area contributed by atoms with Crippen molar-refractivity contribution in [1.29, 1.82) is 5.26 Å². The SMILES string of the molecule is N#Cc1cccc(C[C@H]2CC[C@@H](C3CCN(C(=O)OCc4ccccc4)CC3)N2)c1. The minimum atomic E-state index is -0.202. The number of benzene rings is 2. The predicted octanol–water partition coefficient (Wildman–Crippen LogP) is 4.27. The van der Waals surface area contributed by atoms with E-state index in [0.717, 1.165) is 43.5 Å². The molecule has 0 saturated carbocycles. The van der Waals surface area contributed by atoms with Gasteiger partial charge in [0.1, 0.15) is 6.61 Å². The fourth-order valence-corrected chi connectivity index (χ4v) is 4.73. The molecular weight excluding hydrogens is 374 g/mol. The fraction of sp³-hybridized carbons (Fsp3) is 0.440. The molecule has 0 radical (unpaired) electrons. The average molecular weight is 404 g/mol. The van der Waals surface area contributed by atoms with Crippen LogP contribution in [0.1, 0.15) is 42.4 Å². The minimum absolute atomic E-state index is 0.202. The highest BCUT2D eigenvalue weighted by Crippen LogP contribution is 2.29. The van der Waals surface area contributed by atoms with Gasteiger partial charge in [0, 0.05) is 25.2 Å². The Bertz CT molecular complexity index is 885. The van der Waals surface area contributed by atoms with Gasteiger partial charge >= 0.3 is 6.09 Å². The number of rotatable bonds is 5. The molecule has 2 aromatic rings. The first-order valence-electron chi connectivity index (χ1n) is 10.9. The Morgan fingerprint density at radius 1 is 1.03 bits per heavy atom. The van der Waals surface area contributed by atoms with E-state index in [1.165, 1.54) is 18.4 Å². The maximum absolute atomic E-state index is 12.4. The standard InChI is InChI=1S/C25H29N3O2/c26-17-21-8-4-7-20(15-21)16-23-9-10-24(27-23)22-11-13-28(14-12-22)25(29)30-18-19-5-2-1-3-6-19/h1-8,15,22-24,27H,9-14,16,18H2/t23-,24+/m1/s1. The Balaban J connectivity index is 1.21. The zero-order chi connectivity index (χ0) is 20.8. The lowest BCUT2D eigenvalue weighted by Crippen LogP contribution is -2.44. The number of hydrogen-bond acceptors (Lipinski definition) is 4. The van der Waals surface area contributed by atoms with Gasteiger partial charge < -0.3 is 15.0 Å². The number of likely N-dealkylation sites (tertiary alicyclic amines) is 1. The first kappa shape index (κ1) is 20.4. The molecule has 2 aliphatic heterocycles. The third-order valence-corrected chi connectivity index (χ3v) is 6.39. The van der Waals surface area contributed by atoms with Crippen LogP contribution >= 0.6 is 0 Å². The molecule has 30 heavy (non-hydrogen) atoms. The van der Waals surface area contributed by atoms with Gasteiger partial charge in [-0.2, -0.15) is 5.26 Å². The molecule has 1 N–H and O–H groups in total. The summed E-state index contributed by atoms with van der Waals surface area (Å²) in [6, 6.07) is 20.9. The Kier molecular flexibility index (Phi) is 6.66. The summed E-state index contributed by atoms with van der Waals surface area (Å²) in [5.41, 5.74) is 2.97. The lowest BCUT2D eigenvalue weighted by atomic mass is 9.89. The van der Waals surface area contributed by atoms with Crippen LogP contribution in [0.2, 0.25) is 0 Å². The monoisotopic (exact) mass is 403 g/mol. The second kappa shape index (κ2) is 9.77. The first-order valence-corrected chi connectivity index (χ1v) is 10.9. The second-order valence-electron chi connectivity index (χ2n) is 8.43. The third kappa shape index (κ3) is 5.20. The Labute approximate surface area is 178 Å². The Morgan fingerprint density at radius 3 is 2.57 bits per heavy atom. The van der Waals surface area contributed by atoms with Crippen molar-refractivity contribution in [2.75, 3.05) is 13.1 Å². The van der Waals surface area contributed by atoms with Gasteiger partial charge in [0.2, 0.25) is 0 Å². The van der Waals surface area contributed by atoms with Crippen LogP contribution < -0.4 is 5.32 Å². The van der Waals surface area contributed by atoms with Gasteiger partial charge in [-0.15, -0.1) is 0 Å². The summed E-state index contributed by atoms with van der Waals surface area (Å²) in [6.45, 7) is 1.87. The van der Waals surface area contributed by atoms with Crippen molar-refractivity contribution in [3.8, 4) is 6.07 Å². The molecule has 0 unspecified atom stereocenters. The molecule has 1 amide bonds. The molecule has 5 nitrogen and oxygen atoms in total. The van der Waals surface area contributed by atoms with Crippen LogP contribution in [0.4, 0.5) is 4.79 Å². The van der Waals surface area contributed by atoms with E-state index >= 15 is 0 Å². The maximum Gasteiger partial charge on any atom is 0.410 e. The molecule has 4 rings (SSSR count). The van der Waals surface area contributed by atoms with Crippen LogP contribution in [0, 0.1) is 17.2 Å². The van der Waals surface area contributed by atoms with E-state index in [2.05, 4.69) is 17.5 Å². The number of carbonyl (C=O) groups is 1. The Hall–Kier alpha value is -2.84. The van der Waals surface area contributed by atoms with E-state index in [9.17, 15) is 4.79 Å². The highest BCUT2D eigenvalue weighted by Gasteiger charge is 2.33. The molecule has 2 heterocycles. The van der Waals surface area contributed by atoms with E-state index in [1.54, 1.807) is 0 Å². The van der Waals surface area contributed by atoms with Gasteiger partial charge in [-0.3, -0.25) is 0 Å². The van der Waals surface area contributed by atoms with E-state index in [0.29, 0.717) is 24.6 Å². The summed E-state index contributed by atoms with van der Waals surface area (Å²) in [7, 11) is 0. The average Bonchev–Trinajstić information content (AvgIpc) is 3.27. The van der Waals surface area contributed by atoms with Gasteiger partial charge in [0.05, 0.1) is 11.6 Å². The van der Waals surface area contributed by atoms with Gasteiger partial charge in [-0.1, -0.05) is 42.5 Å². The van der Waals surface area contributed by atoms with Gasteiger partial charge in [0.25, 0.3) is 0 Å². The number of nitrogens with zero attached hydrogens (tertiary/aromatic N) is 2. The highest BCUT2D eigenvalue weighted by atomic mass is 16.6. The van der Waals surface area contributed by atoms with Crippen LogP contribution in [0.25, 0.3) is 0 Å². The van der Waals surface area contributed by atoms with Crippen LogP contribution in [0.15, 0.2) is 54.6 Å². The number of ether oxygens (including phenoxy) is 1. The summed E-state index contributed by atoms with van der Waals surface area (Å²) >= 11 is 0. The van der Waals surface area contributed by atoms with Crippen molar-refractivity contribution in [2.45, 2.75) is 50.8 Å². The molecule has 2 saturated heterocycles. The Morgan fingerprint density at radius 2 is 1.80 bits per heavy atom.